The lowest BCUT2D eigenvalue weighted by molar-refractivity contribution is -0.0320. The first-order valence-electron chi connectivity index (χ1n) is 9.71. The number of ether oxygens (including phenoxy) is 2. The summed E-state index contributed by atoms with van der Waals surface area (Å²) in [4.78, 5) is 6.00. The van der Waals surface area contributed by atoms with Gasteiger partial charge in [0, 0.05) is 43.1 Å². The van der Waals surface area contributed by atoms with Gasteiger partial charge in [0.05, 0.1) is 12.6 Å². The van der Waals surface area contributed by atoms with Crippen molar-refractivity contribution in [2.75, 3.05) is 39.5 Å². The standard InChI is InChI=1S/C20H33N3O2S/c1-3-21-20(22-12-7-13-25-18-10-14-24-15-11-18)23-16-17(2)26-19-8-5-4-6-9-19/h4-6,8-9,17-18H,3,7,10-16H2,1-2H3,(H2,21,22,23). The summed E-state index contributed by atoms with van der Waals surface area (Å²) in [6.07, 6.45) is 3.40. The van der Waals surface area contributed by atoms with Gasteiger partial charge in [0.25, 0.3) is 0 Å². The Morgan fingerprint density at radius 3 is 2.77 bits per heavy atom. The molecule has 5 nitrogen and oxygen atoms in total. The predicted octanol–water partition coefficient (Wildman–Crippen LogP) is 3.31. The van der Waals surface area contributed by atoms with E-state index in [1.54, 1.807) is 0 Å². The molecule has 0 spiro atoms. The van der Waals surface area contributed by atoms with Crippen LogP contribution in [-0.2, 0) is 9.47 Å². The summed E-state index contributed by atoms with van der Waals surface area (Å²) in [5, 5.41) is 7.15. The van der Waals surface area contributed by atoms with Gasteiger partial charge in [-0.3, -0.25) is 4.99 Å². The predicted molar refractivity (Wildman–Crippen MR) is 110 cm³/mol. The first-order valence-corrected chi connectivity index (χ1v) is 10.6. The normalized spacial score (nSPS) is 17.1. The zero-order chi connectivity index (χ0) is 18.5. The number of hydrogen-bond acceptors (Lipinski definition) is 4. The van der Waals surface area contributed by atoms with E-state index in [4.69, 9.17) is 14.5 Å². The van der Waals surface area contributed by atoms with Gasteiger partial charge in [-0.15, -0.1) is 11.8 Å². The van der Waals surface area contributed by atoms with Crippen molar-refractivity contribution >= 4 is 17.7 Å². The molecule has 146 valence electrons. The first kappa shape index (κ1) is 21.1. The van der Waals surface area contributed by atoms with E-state index in [2.05, 4.69) is 48.7 Å². The Morgan fingerprint density at radius 2 is 2.04 bits per heavy atom. The molecule has 1 saturated heterocycles. The number of nitrogens with zero attached hydrogens (tertiary/aromatic N) is 1. The molecule has 1 atom stereocenters. The zero-order valence-corrected chi connectivity index (χ0v) is 16.9. The van der Waals surface area contributed by atoms with Gasteiger partial charge in [0.1, 0.15) is 0 Å². The van der Waals surface area contributed by atoms with E-state index in [1.165, 1.54) is 4.90 Å². The average molecular weight is 380 g/mol. The Balaban J connectivity index is 1.63. The smallest absolute Gasteiger partial charge is 0.191 e. The lowest BCUT2D eigenvalue weighted by Crippen LogP contribution is -2.38. The Labute approximate surface area is 162 Å². The SMILES string of the molecule is CCNC(=NCC(C)Sc1ccccc1)NCCCOC1CCOCC1. The average Bonchev–Trinajstić information content (AvgIpc) is 2.67. The Morgan fingerprint density at radius 1 is 1.27 bits per heavy atom. The van der Waals surface area contributed by atoms with Crippen molar-refractivity contribution in [3.8, 4) is 0 Å². The molecule has 0 bridgehead atoms. The van der Waals surface area contributed by atoms with Crippen molar-refractivity contribution in [1.29, 1.82) is 0 Å². The quantitative estimate of drug-likeness (QED) is 0.283. The van der Waals surface area contributed by atoms with Crippen LogP contribution in [0, 0.1) is 0 Å². The molecule has 1 aliphatic heterocycles. The maximum atomic E-state index is 5.91. The summed E-state index contributed by atoms with van der Waals surface area (Å²) < 4.78 is 11.3. The molecule has 26 heavy (non-hydrogen) atoms. The van der Waals surface area contributed by atoms with Gasteiger partial charge < -0.3 is 20.1 Å². The molecular weight excluding hydrogens is 346 g/mol. The molecular formula is C20H33N3O2S. The molecule has 6 heteroatoms. The van der Waals surface area contributed by atoms with Gasteiger partial charge in [-0.1, -0.05) is 25.1 Å². The molecule has 0 aromatic heterocycles. The molecule has 1 heterocycles. The van der Waals surface area contributed by atoms with E-state index in [9.17, 15) is 0 Å². The second-order valence-electron chi connectivity index (χ2n) is 6.42. The molecule has 0 radical (unpaired) electrons. The van der Waals surface area contributed by atoms with Crippen molar-refractivity contribution < 1.29 is 9.47 Å². The number of aliphatic imine (C=N–C) groups is 1. The van der Waals surface area contributed by atoms with Crippen molar-refractivity contribution in [2.45, 2.75) is 49.4 Å². The highest BCUT2D eigenvalue weighted by atomic mass is 32.2. The van der Waals surface area contributed by atoms with Crippen LogP contribution in [0.4, 0.5) is 0 Å². The van der Waals surface area contributed by atoms with Crippen molar-refractivity contribution in [3.05, 3.63) is 30.3 Å². The second-order valence-corrected chi connectivity index (χ2v) is 7.94. The fraction of sp³-hybridized carbons (Fsp3) is 0.650. The number of nitrogens with one attached hydrogen (secondary N) is 2. The molecule has 0 saturated carbocycles. The van der Waals surface area contributed by atoms with Crippen molar-refractivity contribution in [3.63, 3.8) is 0 Å². The Bertz CT molecular complexity index is 507. The largest absolute Gasteiger partial charge is 0.381 e. The lowest BCUT2D eigenvalue weighted by Gasteiger charge is -2.22. The van der Waals surface area contributed by atoms with Crippen LogP contribution in [0.3, 0.4) is 0 Å². The van der Waals surface area contributed by atoms with E-state index in [0.29, 0.717) is 11.4 Å². The van der Waals surface area contributed by atoms with Crippen LogP contribution >= 0.6 is 11.8 Å². The van der Waals surface area contributed by atoms with Gasteiger partial charge in [-0.2, -0.15) is 0 Å². The Kier molecular flexibility index (Phi) is 10.5. The molecule has 1 aromatic carbocycles. The van der Waals surface area contributed by atoms with Crippen LogP contribution in [0.15, 0.2) is 40.2 Å². The number of hydrogen-bond donors (Lipinski definition) is 2. The van der Waals surface area contributed by atoms with Gasteiger partial charge in [-0.05, 0) is 38.3 Å². The summed E-state index contributed by atoms with van der Waals surface area (Å²) in [5.74, 6) is 0.888. The maximum Gasteiger partial charge on any atom is 0.191 e. The number of guanidine groups is 1. The zero-order valence-electron chi connectivity index (χ0n) is 16.1. The fourth-order valence-corrected chi connectivity index (χ4v) is 3.63. The fourth-order valence-electron chi connectivity index (χ4n) is 2.70. The van der Waals surface area contributed by atoms with E-state index in [1.807, 2.05) is 17.8 Å². The van der Waals surface area contributed by atoms with E-state index in [0.717, 1.165) is 64.7 Å². The third-order valence-corrected chi connectivity index (χ3v) is 5.16. The molecule has 2 N–H and O–H groups in total. The van der Waals surface area contributed by atoms with Crippen LogP contribution in [0.1, 0.15) is 33.1 Å². The lowest BCUT2D eigenvalue weighted by atomic mass is 10.1. The molecule has 1 unspecified atom stereocenters. The van der Waals surface area contributed by atoms with Crippen LogP contribution in [0.25, 0.3) is 0 Å². The highest BCUT2D eigenvalue weighted by Crippen LogP contribution is 2.22. The molecule has 1 fully saturated rings. The van der Waals surface area contributed by atoms with Gasteiger partial charge in [0.15, 0.2) is 5.96 Å². The van der Waals surface area contributed by atoms with Crippen LogP contribution in [0.5, 0.6) is 0 Å². The van der Waals surface area contributed by atoms with Gasteiger partial charge >= 0.3 is 0 Å². The molecule has 0 aliphatic carbocycles. The van der Waals surface area contributed by atoms with Crippen LogP contribution in [0.2, 0.25) is 0 Å². The maximum absolute atomic E-state index is 5.91. The van der Waals surface area contributed by atoms with E-state index in [-0.39, 0.29) is 0 Å². The summed E-state index contributed by atoms with van der Waals surface area (Å²) in [6.45, 7) is 9.28. The van der Waals surface area contributed by atoms with E-state index < -0.39 is 0 Å². The number of benzene rings is 1. The third-order valence-electron chi connectivity index (χ3n) is 4.07. The Hall–Kier alpha value is -1.24. The minimum atomic E-state index is 0.376. The van der Waals surface area contributed by atoms with Gasteiger partial charge in [0.2, 0.25) is 0 Å². The minimum absolute atomic E-state index is 0.376. The second kappa shape index (κ2) is 13.0. The number of rotatable bonds is 10. The monoisotopic (exact) mass is 379 g/mol. The highest BCUT2D eigenvalue weighted by molar-refractivity contribution is 8.00. The molecule has 1 aliphatic rings. The molecule has 2 rings (SSSR count). The van der Waals surface area contributed by atoms with Crippen LogP contribution < -0.4 is 10.6 Å². The molecule has 0 amide bonds. The summed E-state index contributed by atoms with van der Waals surface area (Å²) in [5.41, 5.74) is 0. The van der Waals surface area contributed by atoms with Crippen molar-refractivity contribution in [1.82, 2.24) is 10.6 Å². The summed E-state index contributed by atoms with van der Waals surface area (Å²) >= 11 is 1.86. The van der Waals surface area contributed by atoms with Gasteiger partial charge in [-0.25, -0.2) is 0 Å². The summed E-state index contributed by atoms with van der Waals surface area (Å²) in [6, 6.07) is 10.5. The summed E-state index contributed by atoms with van der Waals surface area (Å²) in [7, 11) is 0. The number of thioether (sulfide) groups is 1. The van der Waals surface area contributed by atoms with Crippen LogP contribution in [-0.4, -0.2) is 56.8 Å². The molecule has 1 aromatic rings. The third kappa shape index (κ3) is 8.92. The van der Waals surface area contributed by atoms with E-state index >= 15 is 0 Å². The van der Waals surface area contributed by atoms with Crippen molar-refractivity contribution in [2.24, 2.45) is 4.99 Å². The minimum Gasteiger partial charge on any atom is -0.381 e. The topological polar surface area (TPSA) is 54.9 Å². The highest BCUT2D eigenvalue weighted by Gasteiger charge is 2.13. The first-order chi connectivity index (χ1) is 12.8.